The summed E-state index contributed by atoms with van der Waals surface area (Å²) in [5.74, 6) is 1.83. The van der Waals surface area contributed by atoms with Crippen molar-refractivity contribution in [1.82, 2.24) is 10.2 Å². The van der Waals surface area contributed by atoms with Crippen molar-refractivity contribution in [2.24, 2.45) is 11.7 Å². The van der Waals surface area contributed by atoms with Gasteiger partial charge in [0.1, 0.15) is 0 Å². The van der Waals surface area contributed by atoms with Gasteiger partial charge in [-0.2, -0.15) is 0 Å². The molecular weight excluding hydrogens is 374 g/mol. The molecule has 1 aromatic carbocycles. The Kier molecular flexibility index (Phi) is 7.73. The quantitative estimate of drug-likeness (QED) is 0.728. The molecule has 0 aliphatic heterocycles. The molecule has 0 amide bonds. The van der Waals surface area contributed by atoms with E-state index in [1.54, 1.807) is 0 Å². The summed E-state index contributed by atoms with van der Waals surface area (Å²) in [6, 6.07) is 8.00. The van der Waals surface area contributed by atoms with Gasteiger partial charge in [0.05, 0.1) is 6.04 Å². The summed E-state index contributed by atoms with van der Waals surface area (Å²) in [6.07, 6.45) is 0.846. The van der Waals surface area contributed by atoms with Gasteiger partial charge in [-0.3, -0.25) is 0 Å². The molecular formula is C14H19BrClN3OS. The van der Waals surface area contributed by atoms with Gasteiger partial charge in [-0.05, 0) is 30.0 Å². The molecule has 2 aromatic rings. The average Bonchev–Trinajstić information content (AvgIpc) is 2.86. The minimum atomic E-state index is -0.176. The van der Waals surface area contributed by atoms with E-state index in [1.807, 2.05) is 12.1 Å². The Morgan fingerprint density at radius 1 is 1.24 bits per heavy atom. The molecule has 0 saturated heterocycles. The van der Waals surface area contributed by atoms with Crippen LogP contribution in [-0.2, 0) is 5.75 Å². The van der Waals surface area contributed by atoms with E-state index in [0.717, 1.165) is 16.6 Å². The first-order chi connectivity index (χ1) is 9.54. The van der Waals surface area contributed by atoms with Crippen LogP contribution in [0.25, 0.3) is 0 Å². The van der Waals surface area contributed by atoms with E-state index in [-0.39, 0.29) is 18.4 Å². The number of aromatic nitrogens is 2. The van der Waals surface area contributed by atoms with Crippen molar-refractivity contribution in [2.75, 3.05) is 0 Å². The van der Waals surface area contributed by atoms with Crippen molar-refractivity contribution in [3.05, 3.63) is 40.2 Å². The molecule has 1 aromatic heterocycles. The highest BCUT2D eigenvalue weighted by atomic mass is 79.9. The molecule has 7 heteroatoms. The molecule has 1 heterocycles. The Morgan fingerprint density at radius 3 is 2.52 bits per heavy atom. The third-order valence-corrected chi connectivity index (χ3v) is 4.16. The fraction of sp³-hybridized carbons (Fsp3) is 0.429. The number of nitrogens with two attached hydrogens (primary N) is 1. The third kappa shape index (κ3) is 5.98. The molecule has 1 unspecified atom stereocenters. The number of rotatable bonds is 6. The van der Waals surface area contributed by atoms with Gasteiger partial charge >= 0.3 is 0 Å². The monoisotopic (exact) mass is 391 g/mol. The Bertz CT molecular complexity index is 547. The summed E-state index contributed by atoms with van der Waals surface area (Å²) in [7, 11) is 0. The van der Waals surface area contributed by atoms with Crippen LogP contribution in [0.4, 0.5) is 0 Å². The second-order valence-electron chi connectivity index (χ2n) is 5.06. The van der Waals surface area contributed by atoms with Crippen molar-refractivity contribution in [2.45, 2.75) is 37.3 Å². The second kappa shape index (κ2) is 8.78. The summed E-state index contributed by atoms with van der Waals surface area (Å²) in [6.45, 7) is 4.25. The molecule has 0 aliphatic rings. The number of halogens is 2. The predicted molar refractivity (Wildman–Crippen MR) is 91.6 cm³/mol. The maximum Gasteiger partial charge on any atom is 0.276 e. The maximum absolute atomic E-state index is 6.02. The molecule has 1 atom stereocenters. The summed E-state index contributed by atoms with van der Waals surface area (Å²) in [4.78, 5) is 0. The SMILES string of the molecule is CC(C)CC(N)c1nnc(SCc2ccc(Br)cc2)o1.Cl. The number of thioether (sulfide) groups is 1. The lowest BCUT2D eigenvalue weighted by Crippen LogP contribution is -2.13. The number of hydrogen-bond acceptors (Lipinski definition) is 5. The molecule has 0 bridgehead atoms. The first-order valence-electron chi connectivity index (χ1n) is 6.51. The number of nitrogens with zero attached hydrogens (tertiary/aromatic N) is 2. The molecule has 0 radical (unpaired) electrons. The van der Waals surface area contributed by atoms with E-state index in [0.29, 0.717) is 17.0 Å². The van der Waals surface area contributed by atoms with E-state index in [9.17, 15) is 0 Å². The number of benzene rings is 1. The van der Waals surface area contributed by atoms with Gasteiger partial charge in [0.25, 0.3) is 5.22 Å². The van der Waals surface area contributed by atoms with Gasteiger partial charge < -0.3 is 10.2 Å². The topological polar surface area (TPSA) is 64.9 Å². The number of hydrogen-bond donors (Lipinski definition) is 1. The van der Waals surface area contributed by atoms with Crippen LogP contribution < -0.4 is 5.73 Å². The standard InChI is InChI=1S/C14H18BrN3OS.ClH/c1-9(2)7-12(16)13-17-18-14(19-13)20-8-10-3-5-11(15)6-4-10;/h3-6,9,12H,7-8,16H2,1-2H3;1H. The van der Waals surface area contributed by atoms with E-state index >= 15 is 0 Å². The molecule has 0 fully saturated rings. The van der Waals surface area contributed by atoms with Crippen LogP contribution in [0.1, 0.15) is 37.8 Å². The summed E-state index contributed by atoms with van der Waals surface area (Å²) in [5, 5.41) is 8.63. The van der Waals surface area contributed by atoms with Crippen LogP contribution in [0.15, 0.2) is 38.4 Å². The average molecular weight is 393 g/mol. The van der Waals surface area contributed by atoms with Gasteiger partial charge in [-0.25, -0.2) is 0 Å². The van der Waals surface area contributed by atoms with Gasteiger partial charge in [0, 0.05) is 10.2 Å². The van der Waals surface area contributed by atoms with E-state index < -0.39 is 0 Å². The zero-order valence-corrected chi connectivity index (χ0v) is 15.2. The van der Waals surface area contributed by atoms with Crippen molar-refractivity contribution in [1.29, 1.82) is 0 Å². The maximum atomic E-state index is 6.02. The van der Waals surface area contributed by atoms with Crippen LogP contribution >= 0.6 is 40.1 Å². The third-order valence-electron chi connectivity index (χ3n) is 2.74. The van der Waals surface area contributed by atoms with E-state index in [4.69, 9.17) is 10.2 Å². The first-order valence-corrected chi connectivity index (χ1v) is 8.28. The fourth-order valence-electron chi connectivity index (χ4n) is 1.76. The van der Waals surface area contributed by atoms with E-state index in [1.165, 1.54) is 17.3 Å². The minimum Gasteiger partial charge on any atom is -0.414 e. The van der Waals surface area contributed by atoms with Crippen LogP contribution in [0.3, 0.4) is 0 Å². The molecule has 0 aliphatic carbocycles. The molecule has 2 rings (SSSR count). The predicted octanol–water partition coefficient (Wildman–Crippen LogP) is 4.59. The van der Waals surface area contributed by atoms with Crippen LogP contribution in [0.2, 0.25) is 0 Å². The lowest BCUT2D eigenvalue weighted by Gasteiger charge is -2.08. The Hall–Kier alpha value is -0.560. The van der Waals surface area contributed by atoms with Crippen molar-refractivity contribution < 1.29 is 4.42 Å². The van der Waals surface area contributed by atoms with Crippen molar-refractivity contribution in [3.63, 3.8) is 0 Å². The lowest BCUT2D eigenvalue weighted by molar-refractivity contribution is 0.361. The molecule has 0 spiro atoms. The van der Waals surface area contributed by atoms with Crippen molar-refractivity contribution >= 4 is 40.1 Å². The second-order valence-corrected chi connectivity index (χ2v) is 6.90. The molecule has 116 valence electrons. The van der Waals surface area contributed by atoms with E-state index in [2.05, 4.69) is 52.1 Å². The molecule has 4 nitrogen and oxygen atoms in total. The highest BCUT2D eigenvalue weighted by Crippen LogP contribution is 2.25. The van der Waals surface area contributed by atoms with Crippen LogP contribution in [0, 0.1) is 5.92 Å². The lowest BCUT2D eigenvalue weighted by atomic mass is 10.1. The Labute approximate surface area is 143 Å². The highest BCUT2D eigenvalue weighted by molar-refractivity contribution is 9.10. The zero-order chi connectivity index (χ0) is 14.5. The highest BCUT2D eigenvalue weighted by Gasteiger charge is 2.16. The normalized spacial score (nSPS) is 12.2. The van der Waals surface area contributed by atoms with Gasteiger partial charge in [-0.15, -0.1) is 22.6 Å². The van der Waals surface area contributed by atoms with Gasteiger partial charge in [0.15, 0.2) is 0 Å². The first kappa shape index (κ1) is 18.5. The smallest absolute Gasteiger partial charge is 0.276 e. The van der Waals surface area contributed by atoms with Crippen LogP contribution in [-0.4, -0.2) is 10.2 Å². The minimum absolute atomic E-state index is 0. The molecule has 21 heavy (non-hydrogen) atoms. The Balaban J connectivity index is 0.00000220. The Morgan fingerprint density at radius 2 is 1.90 bits per heavy atom. The summed E-state index contributed by atoms with van der Waals surface area (Å²) in [5.41, 5.74) is 7.23. The molecule has 2 N–H and O–H groups in total. The summed E-state index contributed by atoms with van der Waals surface area (Å²) >= 11 is 4.94. The summed E-state index contributed by atoms with van der Waals surface area (Å²) < 4.78 is 6.67. The largest absolute Gasteiger partial charge is 0.414 e. The zero-order valence-electron chi connectivity index (χ0n) is 12.0. The van der Waals surface area contributed by atoms with Crippen LogP contribution in [0.5, 0.6) is 0 Å². The fourth-order valence-corrected chi connectivity index (χ4v) is 2.75. The van der Waals surface area contributed by atoms with Gasteiger partial charge in [0.2, 0.25) is 5.89 Å². The van der Waals surface area contributed by atoms with Gasteiger partial charge in [-0.1, -0.05) is 53.7 Å². The van der Waals surface area contributed by atoms with Crippen molar-refractivity contribution in [3.8, 4) is 0 Å². The molecule has 0 saturated carbocycles.